The van der Waals surface area contributed by atoms with E-state index in [1.165, 1.54) is 17.3 Å². The normalized spacial score (nSPS) is 15.2. The van der Waals surface area contributed by atoms with Crippen LogP contribution in [0.2, 0.25) is 0 Å². The maximum atomic E-state index is 12.3. The standard InChI is InChI=1S/C18H24N4O3S/c1-14-19-17(20-25-14)12-26-13-18(23)22-9-7-21(8-10-22)11-15-3-5-16(24-2)6-4-15/h3-6H,7-13H2,1-2H3. The van der Waals surface area contributed by atoms with Crippen molar-refractivity contribution in [3.63, 3.8) is 0 Å². The van der Waals surface area contributed by atoms with E-state index in [0.717, 1.165) is 38.5 Å². The number of thioether (sulfide) groups is 1. The Kier molecular flexibility index (Phi) is 6.51. The lowest BCUT2D eigenvalue weighted by molar-refractivity contribution is -0.130. The molecule has 0 spiro atoms. The van der Waals surface area contributed by atoms with E-state index in [1.807, 2.05) is 17.0 Å². The number of aryl methyl sites for hydroxylation is 1. The molecule has 0 unspecified atom stereocenters. The predicted octanol–water partition coefficient (Wildman–Crippen LogP) is 1.96. The van der Waals surface area contributed by atoms with Gasteiger partial charge in [-0.25, -0.2) is 0 Å². The molecule has 8 heteroatoms. The van der Waals surface area contributed by atoms with Crippen LogP contribution in [0.5, 0.6) is 5.75 Å². The van der Waals surface area contributed by atoms with E-state index in [0.29, 0.717) is 23.2 Å². The van der Waals surface area contributed by atoms with Crippen molar-refractivity contribution >= 4 is 17.7 Å². The number of hydrogen-bond acceptors (Lipinski definition) is 7. The maximum absolute atomic E-state index is 12.3. The molecule has 2 aromatic rings. The topological polar surface area (TPSA) is 71.7 Å². The summed E-state index contributed by atoms with van der Waals surface area (Å²) in [7, 11) is 1.67. The van der Waals surface area contributed by atoms with Crippen molar-refractivity contribution in [1.82, 2.24) is 19.9 Å². The second-order valence-electron chi connectivity index (χ2n) is 6.23. The Bertz CT molecular complexity index is 711. The number of methoxy groups -OCH3 is 1. The fraction of sp³-hybridized carbons (Fsp3) is 0.500. The van der Waals surface area contributed by atoms with E-state index in [1.54, 1.807) is 14.0 Å². The van der Waals surface area contributed by atoms with Crippen LogP contribution in [0, 0.1) is 6.92 Å². The molecule has 1 aliphatic rings. The highest BCUT2D eigenvalue weighted by Crippen LogP contribution is 2.15. The Labute approximate surface area is 157 Å². The van der Waals surface area contributed by atoms with Crippen LogP contribution in [-0.4, -0.2) is 64.9 Å². The van der Waals surface area contributed by atoms with Crippen molar-refractivity contribution in [3.05, 3.63) is 41.5 Å². The summed E-state index contributed by atoms with van der Waals surface area (Å²) in [5, 5.41) is 3.84. The Morgan fingerprint density at radius 1 is 1.23 bits per heavy atom. The van der Waals surface area contributed by atoms with Crippen LogP contribution in [0.3, 0.4) is 0 Å². The van der Waals surface area contributed by atoms with Gasteiger partial charge < -0.3 is 14.2 Å². The first-order chi connectivity index (χ1) is 12.6. The number of ether oxygens (including phenoxy) is 1. The molecule has 2 heterocycles. The van der Waals surface area contributed by atoms with Crippen LogP contribution in [0.15, 0.2) is 28.8 Å². The van der Waals surface area contributed by atoms with Crippen molar-refractivity contribution in [3.8, 4) is 5.75 Å². The molecule has 1 fully saturated rings. The molecule has 1 amide bonds. The lowest BCUT2D eigenvalue weighted by Crippen LogP contribution is -2.48. The molecule has 140 valence electrons. The van der Waals surface area contributed by atoms with Crippen LogP contribution in [0.1, 0.15) is 17.3 Å². The van der Waals surface area contributed by atoms with E-state index < -0.39 is 0 Å². The van der Waals surface area contributed by atoms with Crippen LogP contribution in [0.25, 0.3) is 0 Å². The molecule has 0 saturated carbocycles. The summed E-state index contributed by atoms with van der Waals surface area (Å²) < 4.78 is 10.1. The first-order valence-electron chi connectivity index (χ1n) is 8.64. The van der Waals surface area contributed by atoms with Gasteiger partial charge in [0.2, 0.25) is 11.8 Å². The van der Waals surface area contributed by atoms with E-state index in [9.17, 15) is 4.79 Å². The quantitative estimate of drug-likeness (QED) is 0.731. The highest BCUT2D eigenvalue weighted by atomic mass is 32.2. The van der Waals surface area contributed by atoms with Gasteiger partial charge in [0.15, 0.2) is 5.82 Å². The average molecular weight is 376 g/mol. The molecular formula is C18H24N4O3S. The van der Waals surface area contributed by atoms with Gasteiger partial charge in [0.25, 0.3) is 0 Å². The maximum Gasteiger partial charge on any atom is 0.232 e. The summed E-state index contributed by atoms with van der Waals surface area (Å²) in [6.45, 7) is 6.00. The third-order valence-electron chi connectivity index (χ3n) is 4.32. The number of aromatic nitrogens is 2. The molecule has 1 aliphatic heterocycles. The van der Waals surface area contributed by atoms with E-state index >= 15 is 0 Å². The Morgan fingerprint density at radius 2 is 1.96 bits per heavy atom. The van der Waals surface area contributed by atoms with E-state index in [-0.39, 0.29) is 5.91 Å². The van der Waals surface area contributed by atoms with Crippen LogP contribution in [-0.2, 0) is 17.1 Å². The number of piperazine rings is 1. The van der Waals surface area contributed by atoms with Gasteiger partial charge in [-0.05, 0) is 17.7 Å². The summed E-state index contributed by atoms with van der Waals surface area (Å²) in [6, 6.07) is 8.15. The van der Waals surface area contributed by atoms with Gasteiger partial charge in [-0.3, -0.25) is 9.69 Å². The molecule has 0 atom stereocenters. The zero-order valence-corrected chi connectivity index (χ0v) is 16.0. The third kappa shape index (κ3) is 5.22. The fourth-order valence-corrected chi connectivity index (χ4v) is 3.62. The molecule has 3 rings (SSSR count). The summed E-state index contributed by atoms with van der Waals surface area (Å²) in [4.78, 5) is 20.8. The van der Waals surface area contributed by atoms with Crippen LogP contribution in [0.4, 0.5) is 0 Å². The number of rotatable bonds is 7. The second kappa shape index (κ2) is 9.05. The van der Waals surface area contributed by atoms with Gasteiger partial charge in [-0.2, -0.15) is 4.98 Å². The largest absolute Gasteiger partial charge is 0.497 e. The van der Waals surface area contributed by atoms with Gasteiger partial charge >= 0.3 is 0 Å². The predicted molar refractivity (Wildman–Crippen MR) is 100 cm³/mol. The monoisotopic (exact) mass is 376 g/mol. The average Bonchev–Trinajstić information content (AvgIpc) is 3.08. The smallest absolute Gasteiger partial charge is 0.232 e. The number of carbonyl (C=O) groups excluding carboxylic acids is 1. The zero-order valence-electron chi connectivity index (χ0n) is 15.2. The van der Waals surface area contributed by atoms with Gasteiger partial charge in [0, 0.05) is 39.6 Å². The molecule has 1 aromatic carbocycles. The molecule has 1 saturated heterocycles. The van der Waals surface area contributed by atoms with Crippen LogP contribution >= 0.6 is 11.8 Å². The summed E-state index contributed by atoms with van der Waals surface area (Å²) >= 11 is 1.53. The minimum Gasteiger partial charge on any atom is -0.497 e. The molecule has 0 bridgehead atoms. The van der Waals surface area contributed by atoms with Gasteiger partial charge in [-0.15, -0.1) is 11.8 Å². The lowest BCUT2D eigenvalue weighted by atomic mass is 10.2. The molecule has 0 aliphatic carbocycles. The number of benzene rings is 1. The van der Waals surface area contributed by atoms with Crippen molar-refractivity contribution in [2.24, 2.45) is 0 Å². The summed E-state index contributed by atoms with van der Waals surface area (Å²) in [5.74, 6) is 3.30. The van der Waals surface area contributed by atoms with Crippen LogP contribution < -0.4 is 4.74 Å². The Morgan fingerprint density at radius 3 is 2.58 bits per heavy atom. The summed E-state index contributed by atoms with van der Waals surface area (Å²) in [5.41, 5.74) is 1.26. The lowest BCUT2D eigenvalue weighted by Gasteiger charge is -2.34. The second-order valence-corrected chi connectivity index (χ2v) is 7.21. The molecular weight excluding hydrogens is 352 g/mol. The van der Waals surface area contributed by atoms with Gasteiger partial charge in [0.05, 0.1) is 18.6 Å². The number of carbonyl (C=O) groups is 1. The van der Waals surface area contributed by atoms with Crippen molar-refractivity contribution in [2.75, 3.05) is 39.0 Å². The zero-order chi connectivity index (χ0) is 18.4. The molecule has 0 N–H and O–H groups in total. The van der Waals surface area contributed by atoms with Crippen molar-refractivity contribution in [2.45, 2.75) is 19.2 Å². The SMILES string of the molecule is COc1ccc(CN2CCN(C(=O)CSCc3noc(C)n3)CC2)cc1. The molecule has 1 aromatic heterocycles. The van der Waals surface area contributed by atoms with Gasteiger partial charge in [-0.1, -0.05) is 17.3 Å². The molecule has 0 radical (unpaired) electrons. The Balaban J connectivity index is 1.37. The Hall–Kier alpha value is -2.06. The summed E-state index contributed by atoms with van der Waals surface area (Å²) in [6.07, 6.45) is 0. The number of hydrogen-bond donors (Lipinski definition) is 0. The highest BCUT2D eigenvalue weighted by molar-refractivity contribution is 7.99. The highest BCUT2D eigenvalue weighted by Gasteiger charge is 2.21. The number of nitrogens with zero attached hydrogens (tertiary/aromatic N) is 4. The fourth-order valence-electron chi connectivity index (χ4n) is 2.87. The van der Waals surface area contributed by atoms with Gasteiger partial charge in [0.1, 0.15) is 5.75 Å². The first-order valence-corrected chi connectivity index (χ1v) is 9.79. The minimum absolute atomic E-state index is 0.180. The van der Waals surface area contributed by atoms with Crippen molar-refractivity contribution < 1.29 is 14.1 Å². The first kappa shape index (κ1) is 18.7. The molecule has 26 heavy (non-hydrogen) atoms. The van der Waals surface area contributed by atoms with Crippen molar-refractivity contribution in [1.29, 1.82) is 0 Å². The van der Waals surface area contributed by atoms with E-state index in [4.69, 9.17) is 9.26 Å². The minimum atomic E-state index is 0.180. The van der Waals surface area contributed by atoms with E-state index in [2.05, 4.69) is 27.2 Å². The number of amides is 1. The third-order valence-corrected chi connectivity index (χ3v) is 5.23. The molecule has 7 nitrogen and oxygen atoms in total.